The lowest BCUT2D eigenvalue weighted by Crippen LogP contribution is -2.21. The van der Waals surface area contributed by atoms with Crippen molar-refractivity contribution >= 4 is 0 Å². The molecule has 66 valence electrons. The largest absolute Gasteiger partial charge is 0.375 e. The van der Waals surface area contributed by atoms with Gasteiger partial charge in [0.2, 0.25) is 0 Å². The Morgan fingerprint density at radius 2 is 2.18 bits per heavy atom. The first kappa shape index (κ1) is 9.05. The summed E-state index contributed by atoms with van der Waals surface area (Å²) in [6, 6.07) is 0. The van der Waals surface area contributed by atoms with E-state index in [0.29, 0.717) is 12.2 Å². The lowest BCUT2D eigenvalue weighted by Gasteiger charge is -2.20. The maximum atomic E-state index is 5.87. The summed E-state index contributed by atoms with van der Waals surface area (Å²) in [5, 5.41) is 0. The molecule has 1 aliphatic rings. The van der Waals surface area contributed by atoms with Gasteiger partial charge in [0.1, 0.15) is 0 Å². The molecule has 0 aromatic rings. The van der Waals surface area contributed by atoms with Gasteiger partial charge in [0.05, 0.1) is 12.2 Å². The Morgan fingerprint density at radius 3 is 2.64 bits per heavy atom. The quantitative estimate of drug-likeness (QED) is 0.610. The third-order valence-electron chi connectivity index (χ3n) is 2.76. The maximum absolute atomic E-state index is 5.87. The predicted molar refractivity (Wildman–Crippen MR) is 47.6 cm³/mol. The van der Waals surface area contributed by atoms with Gasteiger partial charge >= 0.3 is 0 Å². The third-order valence-corrected chi connectivity index (χ3v) is 2.76. The molecule has 1 unspecified atom stereocenters. The molecule has 3 atom stereocenters. The lowest BCUT2D eigenvalue weighted by molar-refractivity contribution is -0.0197. The van der Waals surface area contributed by atoms with Gasteiger partial charge in [0.15, 0.2) is 0 Å². The van der Waals surface area contributed by atoms with E-state index in [-0.39, 0.29) is 0 Å². The minimum Gasteiger partial charge on any atom is -0.375 e. The molecule has 0 amide bonds. The smallest absolute Gasteiger partial charge is 0.0604 e. The SMILES string of the molecule is CCC(C)O[C@H]1CCC[C@@H]1C. The maximum Gasteiger partial charge on any atom is 0.0604 e. The molecular formula is C10H20O. The summed E-state index contributed by atoms with van der Waals surface area (Å²) in [5.41, 5.74) is 0. The monoisotopic (exact) mass is 156 g/mol. The van der Waals surface area contributed by atoms with Gasteiger partial charge in [-0.3, -0.25) is 0 Å². The topological polar surface area (TPSA) is 9.23 Å². The standard InChI is InChI=1S/C10H20O/c1-4-9(3)11-10-7-5-6-8(10)2/h8-10H,4-7H2,1-3H3/t8-,9?,10-/m0/s1. The van der Waals surface area contributed by atoms with Crippen LogP contribution in [0.2, 0.25) is 0 Å². The van der Waals surface area contributed by atoms with Crippen LogP contribution in [0.1, 0.15) is 46.5 Å². The number of hydrogen-bond acceptors (Lipinski definition) is 1. The average Bonchev–Trinajstić information content (AvgIpc) is 2.37. The fourth-order valence-corrected chi connectivity index (χ4v) is 1.71. The molecule has 0 radical (unpaired) electrons. The molecule has 1 heteroatoms. The van der Waals surface area contributed by atoms with Crippen molar-refractivity contribution in [2.45, 2.75) is 58.7 Å². The second kappa shape index (κ2) is 4.10. The Kier molecular flexibility index (Phi) is 3.38. The number of rotatable bonds is 3. The van der Waals surface area contributed by atoms with E-state index in [2.05, 4.69) is 20.8 Å². The summed E-state index contributed by atoms with van der Waals surface area (Å²) in [6.45, 7) is 6.66. The molecule has 0 aliphatic heterocycles. The fourth-order valence-electron chi connectivity index (χ4n) is 1.71. The van der Waals surface area contributed by atoms with Crippen LogP contribution in [0.15, 0.2) is 0 Å². The Hall–Kier alpha value is -0.0400. The minimum absolute atomic E-state index is 0.459. The van der Waals surface area contributed by atoms with E-state index in [1.54, 1.807) is 0 Å². The second-order valence-electron chi connectivity index (χ2n) is 3.80. The van der Waals surface area contributed by atoms with Crippen molar-refractivity contribution in [1.82, 2.24) is 0 Å². The van der Waals surface area contributed by atoms with Crippen molar-refractivity contribution in [2.24, 2.45) is 5.92 Å². The molecule has 0 heterocycles. The van der Waals surface area contributed by atoms with Gasteiger partial charge in [-0.25, -0.2) is 0 Å². The predicted octanol–water partition coefficient (Wildman–Crippen LogP) is 2.99. The van der Waals surface area contributed by atoms with Gasteiger partial charge in [-0.15, -0.1) is 0 Å². The molecule has 1 rings (SSSR count). The molecule has 1 saturated carbocycles. The van der Waals surface area contributed by atoms with Crippen LogP contribution in [0, 0.1) is 5.92 Å². The minimum atomic E-state index is 0.459. The highest BCUT2D eigenvalue weighted by Crippen LogP contribution is 2.28. The van der Waals surface area contributed by atoms with Crippen LogP contribution >= 0.6 is 0 Å². The first-order valence-corrected chi connectivity index (χ1v) is 4.89. The van der Waals surface area contributed by atoms with E-state index in [9.17, 15) is 0 Å². The number of hydrogen-bond donors (Lipinski definition) is 0. The summed E-state index contributed by atoms with van der Waals surface area (Å²) in [6.07, 6.45) is 6.17. The van der Waals surface area contributed by atoms with E-state index >= 15 is 0 Å². The van der Waals surface area contributed by atoms with Crippen molar-refractivity contribution in [1.29, 1.82) is 0 Å². The van der Waals surface area contributed by atoms with Crippen molar-refractivity contribution in [2.75, 3.05) is 0 Å². The first-order valence-electron chi connectivity index (χ1n) is 4.89. The number of ether oxygens (including phenoxy) is 1. The highest BCUT2D eigenvalue weighted by atomic mass is 16.5. The van der Waals surface area contributed by atoms with Crippen LogP contribution in [-0.2, 0) is 4.74 Å². The highest BCUT2D eigenvalue weighted by molar-refractivity contribution is 4.75. The highest BCUT2D eigenvalue weighted by Gasteiger charge is 2.24. The van der Waals surface area contributed by atoms with Gasteiger partial charge < -0.3 is 4.74 Å². The van der Waals surface area contributed by atoms with Crippen LogP contribution in [0.3, 0.4) is 0 Å². The van der Waals surface area contributed by atoms with Crippen molar-refractivity contribution in [3.8, 4) is 0 Å². The van der Waals surface area contributed by atoms with Crippen molar-refractivity contribution in [3.05, 3.63) is 0 Å². The van der Waals surface area contributed by atoms with E-state index in [1.807, 2.05) is 0 Å². The van der Waals surface area contributed by atoms with E-state index < -0.39 is 0 Å². The van der Waals surface area contributed by atoms with Gasteiger partial charge in [-0.2, -0.15) is 0 Å². The molecule has 0 spiro atoms. The molecule has 11 heavy (non-hydrogen) atoms. The summed E-state index contributed by atoms with van der Waals surface area (Å²) in [4.78, 5) is 0. The van der Waals surface area contributed by atoms with E-state index in [1.165, 1.54) is 19.3 Å². The van der Waals surface area contributed by atoms with Gasteiger partial charge in [-0.05, 0) is 32.1 Å². The van der Waals surface area contributed by atoms with Gasteiger partial charge in [-0.1, -0.05) is 20.3 Å². The first-order chi connectivity index (χ1) is 5.24. The lowest BCUT2D eigenvalue weighted by atomic mass is 10.1. The molecule has 1 nitrogen and oxygen atoms in total. The second-order valence-corrected chi connectivity index (χ2v) is 3.80. The molecule has 0 bridgehead atoms. The van der Waals surface area contributed by atoms with Crippen LogP contribution in [0.5, 0.6) is 0 Å². The molecule has 0 aromatic carbocycles. The molecule has 1 aliphatic carbocycles. The van der Waals surface area contributed by atoms with Crippen LogP contribution < -0.4 is 0 Å². The Balaban J connectivity index is 2.24. The van der Waals surface area contributed by atoms with Crippen LogP contribution in [-0.4, -0.2) is 12.2 Å². The zero-order chi connectivity index (χ0) is 8.27. The Bertz CT molecular complexity index is 111. The van der Waals surface area contributed by atoms with Crippen molar-refractivity contribution in [3.63, 3.8) is 0 Å². The molecule has 0 N–H and O–H groups in total. The zero-order valence-corrected chi connectivity index (χ0v) is 7.97. The summed E-state index contributed by atoms with van der Waals surface area (Å²) < 4.78 is 5.87. The summed E-state index contributed by atoms with van der Waals surface area (Å²) in [7, 11) is 0. The fraction of sp³-hybridized carbons (Fsp3) is 1.00. The molecule has 0 saturated heterocycles. The van der Waals surface area contributed by atoms with Crippen LogP contribution in [0.4, 0.5) is 0 Å². The van der Waals surface area contributed by atoms with Gasteiger partial charge in [0, 0.05) is 0 Å². The zero-order valence-electron chi connectivity index (χ0n) is 7.97. The Labute approximate surface area is 70.1 Å². The molecule has 1 fully saturated rings. The van der Waals surface area contributed by atoms with Crippen molar-refractivity contribution < 1.29 is 4.74 Å². The summed E-state index contributed by atoms with van der Waals surface area (Å²) in [5.74, 6) is 0.795. The summed E-state index contributed by atoms with van der Waals surface area (Å²) >= 11 is 0. The Morgan fingerprint density at radius 1 is 1.45 bits per heavy atom. The third kappa shape index (κ3) is 2.48. The molecular weight excluding hydrogens is 136 g/mol. The average molecular weight is 156 g/mol. The van der Waals surface area contributed by atoms with E-state index in [0.717, 1.165) is 12.3 Å². The van der Waals surface area contributed by atoms with Gasteiger partial charge in [0.25, 0.3) is 0 Å². The normalized spacial score (nSPS) is 34.1. The van der Waals surface area contributed by atoms with Crippen LogP contribution in [0.25, 0.3) is 0 Å². The molecule has 0 aromatic heterocycles. The van der Waals surface area contributed by atoms with E-state index in [4.69, 9.17) is 4.74 Å².